The van der Waals surface area contributed by atoms with Crippen molar-refractivity contribution in [2.24, 2.45) is 7.05 Å². The highest BCUT2D eigenvalue weighted by molar-refractivity contribution is 5.07. The predicted molar refractivity (Wildman–Crippen MR) is 93.1 cm³/mol. The van der Waals surface area contributed by atoms with Crippen molar-refractivity contribution in [1.82, 2.24) is 24.6 Å². The Hall–Kier alpha value is -1.70. The van der Waals surface area contributed by atoms with Crippen LogP contribution in [0.25, 0.3) is 0 Å². The molecule has 7 nitrogen and oxygen atoms in total. The predicted octanol–water partition coefficient (Wildman–Crippen LogP) is 1.62. The van der Waals surface area contributed by atoms with Gasteiger partial charge in [-0.3, -0.25) is 9.80 Å². The summed E-state index contributed by atoms with van der Waals surface area (Å²) in [7, 11) is 2.11. The molecule has 0 unspecified atom stereocenters. The molecule has 0 spiro atoms. The minimum atomic E-state index is 0.511. The molecule has 7 heteroatoms. The van der Waals surface area contributed by atoms with Gasteiger partial charge in [0, 0.05) is 38.2 Å². The molecule has 0 amide bonds. The smallest absolute Gasteiger partial charge is 0.146 e. The molecule has 0 bridgehead atoms. The molecule has 4 rings (SSSR count). The first-order valence-corrected chi connectivity index (χ1v) is 9.21. The summed E-state index contributed by atoms with van der Waals surface area (Å²) in [6.45, 7) is 7.64. The number of nitrogens with zero attached hydrogens (tertiary/aromatic N) is 5. The molecular weight excluding hydrogens is 318 g/mol. The number of morpholine rings is 1. The quantitative estimate of drug-likeness (QED) is 0.821. The number of rotatable bonds is 5. The third kappa shape index (κ3) is 3.94. The average molecular weight is 345 g/mol. The molecule has 0 saturated carbocycles. The van der Waals surface area contributed by atoms with Gasteiger partial charge in [0.05, 0.1) is 32.3 Å². The second kappa shape index (κ2) is 7.68. The topological polar surface area (TPSA) is 59.6 Å². The van der Waals surface area contributed by atoms with Crippen LogP contribution in [0, 0.1) is 0 Å². The number of furan rings is 1. The molecule has 2 aromatic rings. The molecule has 2 saturated heterocycles. The largest absolute Gasteiger partial charge is 0.472 e. The van der Waals surface area contributed by atoms with E-state index in [1.54, 1.807) is 6.26 Å². The summed E-state index contributed by atoms with van der Waals surface area (Å²) in [5, 5.41) is 9.00. The van der Waals surface area contributed by atoms with Gasteiger partial charge in [0.2, 0.25) is 0 Å². The molecule has 0 aliphatic carbocycles. The Balaban J connectivity index is 1.33. The molecular formula is C18H27N5O2. The van der Waals surface area contributed by atoms with Crippen molar-refractivity contribution in [2.45, 2.75) is 31.8 Å². The molecule has 4 heterocycles. The lowest BCUT2D eigenvalue weighted by Gasteiger charge is -2.31. The zero-order chi connectivity index (χ0) is 17.1. The van der Waals surface area contributed by atoms with Gasteiger partial charge in [0.1, 0.15) is 11.6 Å². The maximum absolute atomic E-state index is 5.42. The highest BCUT2D eigenvalue weighted by Crippen LogP contribution is 2.27. The minimum absolute atomic E-state index is 0.511. The summed E-state index contributed by atoms with van der Waals surface area (Å²) in [6, 6.07) is 2.05. The van der Waals surface area contributed by atoms with Crippen LogP contribution in [0.3, 0.4) is 0 Å². The van der Waals surface area contributed by atoms with Gasteiger partial charge < -0.3 is 13.7 Å². The van der Waals surface area contributed by atoms with E-state index in [2.05, 4.69) is 31.6 Å². The van der Waals surface area contributed by atoms with Gasteiger partial charge in [0.25, 0.3) is 0 Å². The maximum atomic E-state index is 5.42. The molecule has 25 heavy (non-hydrogen) atoms. The summed E-state index contributed by atoms with van der Waals surface area (Å²) in [6.07, 6.45) is 5.87. The number of ether oxygens (including phenoxy) is 1. The number of hydrogen-bond donors (Lipinski definition) is 0. The van der Waals surface area contributed by atoms with Gasteiger partial charge in [-0.2, -0.15) is 0 Å². The molecule has 0 radical (unpaired) electrons. The standard InChI is InChI=1S/C18H27N5O2/c1-21-17(13-23-7-10-24-11-8-23)19-20-18(21)16-2-5-22(6-3-16)12-15-4-9-25-14-15/h4,9,14,16H,2-3,5-8,10-13H2,1H3. The van der Waals surface area contributed by atoms with Crippen LogP contribution in [-0.4, -0.2) is 64.0 Å². The molecule has 0 N–H and O–H groups in total. The Morgan fingerprint density at radius 2 is 1.80 bits per heavy atom. The summed E-state index contributed by atoms with van der Waals surface area (Å²) in [4.78, 5) is 4.89. The van der Waals surface area contributed by atoms with E-state index in [-0.39, 0.29) is 0 Å². The third-order valence-electron chi connectivity index (χ3n) is 5.41. The molecule has 0 atom stereocenters. The summed E-state index contributed by atoms with van der Waals surface area (Å²) >= 11 is 0. The monoisotopic (exact) mass is 345 g/mol. The van der Waals surface area contributed by atoms with Crippen LogP contribution in [-0.2, 0) is 24.9 Å². The molecule has 136 valence electrons. The number of likely N-dealkylation sites (tertiary alicyclic amines) is 1. The van der Waals surface area contributed by atoms with Crippen molar-refractivity contribution in [3.63, 3.8) is 0 Å². The summed E-state index contributed by atoms with van der Waals surface area (Å²) in [5.41, 5.74) is 1.25. The first kappa shape index (κ1) is 16.8. The van der Waals surface area contributed by atoms with E-state index in [0.29, 0.717) is 5.92 Å². The molecule has 2 aliphatic heterocycles. The highest BCUT2D eigenvalue weighted by atomic mass is 16.5. The average Bonchev–Trinajstić information content (AvgIpc) is 3.28. The second-order valence-electron chi connectivity index (χ2n) is 7.10. The molecule has 0 aromatic carbocycles. The molecule has 2 aromatic heterocycles. The number of aromatic nitrogens is 3. The Morgan fingerprint density at radius 1 is 1.04 bits per heavy atom. The van der Waals surface area contributed by atoms with Crippen LogP contribution in [0.4, 0.5) is 0 Å². The van der Waals surface area contributed by atoms with Gasteiger partial charge in [0.15, 0.2) is 0 Å². The maximum Gasteiger partial charge on any atom is 0.146 e. The van der Waals surface area contributed by atoms with E-state index < -0.39 is 0 Å². The number of piperidine rings is 1. The van der Waals surface area contributed by atoms with E-state index in [4.69, 9.17) is 9.15 Å². The lowest BCUT2D eigenvalue weighted by atomic mass is 9.95. The first-order valence-electron chi connectivity index (χ1n) is 9.21. The fraction of sp³-hybridized carbons (Fsp3) is 0.667. The van der Waals surface area contributed by atoms with E-state index in [0.717, 1.165) is 77.0 Å². The summed E-state index contributed by atoms with van der Waals surface area (Å²) in [5.74, 6) is 2.72. The van der Waals surface area contributed by atoms with E-state index in [9.17, 15) is 0 Å². The van der Waals surface area contributed by atoms with Crippen molar-refractivity contribution in [2.75, 3.05) is 39.4 Å². The van der Waals surface area contributed by atoms with E-state index >= 15 is 0 Å². The van der Waals surface area contributed by atoms with Gasteiger partial charge in [-0.05, 0) is 32.0 Å². The van der Waals surface area contributed by atoms with Crippen LogP contribution >= 0.6 is 0 Å². The zero-order valence-corrected chi connectivity index (χ0v) is 14.9. The fourth-order valence-corrected chi connectivity index (χ4v) is 3.82. The second-order valence-corrected chi connectivity index (χ2v) is 7.10. The Kier molecular flexibility index (Phi) is 5.14. The van der Waals surface area contributed by atoms with Crippen LogP contribution in [0.5, 0.6) is 0 Å². The first-order chi connectivity index (χ1) is 12.3. The van der Waals surface area contributed by atoms with Crippen LogP contribution < -0.4 is 0 Å². The van der Waals surface area contributed by atoms with Gasteiger partial charge in [-0.25, -0.2) is 0 Å². The normalized spacial score (nSPS) is 21.0. The van der Waals surface area contributed by atoms with Gasteiger partial charge in [-0.1, -0.05) is 0 Å². The van der Waals surface area contributed by atoms with Crippen molar-refractivity contribution >= 4 is 0 Å². The minimum Gasteiger partial charge on any atom is -0.472 e. The molecule has 2 fully saturated rings. The van der Waals surface area contributed by atoms with Crippen molar-refractivity contribution in [1.29, 1.82) is 0 Å². The highest BCUT2D eigenvalue weighted by Gasteiger charge is 2.26. The van der Waals surface area contributed by atoms with E-state index in [1.807, 2.05) is 12.3 Å². The number of hydrogen-bond acceptors (Lipinski definition) is 6. The lowest BCUT2D eigenvalue weighted by molar-refractivity contribution is 0.0326. The van der Waals surface area contributed by atoms with Crippen LogP contribution in [0.15, 0.2) is 23.0 Å². The Labute approximate surface area is 148 Å². The Bertz CT molecular complexity index is 655. The van der Waals surface area contributed by atoms with E-state index in [1.165, 1.54) is 5.56 Å². The van der Waals surface area contributed by atoms with Gasteiger partial charge >= 0.3 is 0 Å². The van der Waals surface area contributed by atoms with Gasteiger partial charge in [-0.15, -0.1) is 10.2 Å². The lowest BCUT2D eigenvalue weighted by Crippen LogP contribution is -2.36. The van der Waals surface area contributed by atoms with Crippen LogP contribution in [0.2, 0.25) is 0 Å². The zero-order valence-electron chi connectivity index (χ0n) is 14.9. The van der Waals surface area contributed by atoms with Crippen LogP contribution in [0.1, 0.15) is 36.0 Å². The summed E-state index contributed by atoms with van der Waals surface area (Å²) < 4.78 is 12.8. The Morgan fingerprint density at radius 3 is 2.52 bits per heavy atom. The van der Waals surface area contributed by atoms with Crippen molar-refractivity contribution in [3.8, 4) is 0 Å². The third-order valence-corrected chi connectivity index (χ3v) is 5.41. The molecule has 2 aliphatic rings. The fourth-order valence-electron chi connectivity index (χ4n) is 3.82. The SMILES string of the molecule is Cn1c(CN2CCOCC2)nnc1C1CCN(Cc2ccoc2)CC1. The van der Waals surface area contributed by atoms with Crippen molar-refractivity contribution < 1.29 is 9.15 Å². The van der Waals surface area contributed by atoms with Crippen molar-refractivity contribution in [3.05, 3.63) is 35.8 Å².